The maximum Gasteiger partial charge on any atom is 0.266 e. The molecule has 16 heavy (non-hydrogen) atoms. The van der Waals surface area contributed by atoms with Crippen LogP contribution in [0.25, 0.3) is 0 Å². The Morgan fingerprint density at radius 1 is 1.31 bits per heavy atom. The van der Waals surface area contributed by atoms with E-state index >= 15 is 0 Å². The maximum atomic E-state index is 11.7. The monoisotopic (exact) mass is 221 g/mol. The molecule has 1 saturated heterocycles. The third-order valence-electron chi connectivity index (χ3n) is 3.64. The molecular formula is C12H19N3O. The van der Waals surface area contributed by atoms with Crippen LogP contribution in [0.4, 0.5) is 0 Å². The number of hydrogen-bond acceptors (Lipinski definition) is 2. The molecule has 3 rings (SSSR count). The SMILES string of the molecule is O=c1cc(C2CC2)[nH]n1C[C@@H]1CCCCN1. The fourth-order valence-corrected chi connectivity index (χ4v) is 2.49. The zero-order valence-electron chi connectivity index (χ0n) is 9.54. The molecule has 1 atom stereocenters. The predicted molar refractivity (Wildman–Crippen MR) is 62.7 cm³/mol. The summed E-state index contributed by atoms with van der Waals surface area (Å²) in [6, 6.07) is 2.25. The number of piperidine rings is 1. The first-order chi connectivity index (χ1) is 7.83. The molecule has 1 aliphatic carbocycles. The molecule has 4 heteroatoms. The second kappa shape index (κ2) is 4.09. The lowest BCUT2D eigenvalue weighted by atomic mass is 10.1. The van der Waals surface area contributed by atoms with Gasteiger partial charge in [-0.25, -0.2) is 0 Å². The van der Waals surface area contributed by atoms with E-state index in [9.17, 15) is 4.79 Å². The van der Waals surface area contributed by atoms with Crippen molar-refractivity contribution in [1.82, 2.24) is 15.1 Å². The third-order valence-corrected chi connectivity index (χ3v) is 3.64. The van der Waals surface area contributed by atoms with Crippen molar-refractivity contribution in [3.05, 3.63) is 22.1 Å². The standard InChI is InChI=1S/C12H19N3O/c16-12-7-11(9-4-5-9)14-15(12)8-10-3-1-2-6-13-10/h7,9-10,13-14H,1-6,8H2/t10-/m0/s1. The Hall–Kier alpha value is -1.03. The Labute approximate surface area is 95.0 Å². The summed E-state index contributed by atoms with van der Waals surface area (Å²) in [5.41, 5.74) is 1.27. The van der Waals surface area contributed by atoms with Gasteiger partial charge in [0, 0.05) is 23.7 Å². The van der Waals surface area contributed by atoms with Gasteiger partial charge in [0.2, 0.25) is 0 Å². The van der Waals surface area contributed by atoms with Gasteiger partial charge in [-0.1, -0.05) is 6.42 Å². The quantitative estimate of drug-likeness (QED) is 0.805. The fraction of sp³-hybridized carbons (Fsp3) is 0.750. The molecule has 2 heterocycles. The number of nitrogens with one attached hydrogen (secondary N) is 2. The molecule has 0 spiro atoms. The first kappa shape index (κ1) is 10.1. The maximum absolute atomic E-state index is 11.7. The number of nitrogens with zero attached hydrogens (tertiary/aromatic N) is 1. The molecule has 4 nitrogen and oxygen atoms in total. The van der Waals surface area contributed by atoms with Gasteiger partial charge < -0.3 is 5.32 Å². The van der Waals surface area contributed by atoms with Crippen LogP contribution in [-0.2, 0) is 6.54 Å². The highest BCUT2D eigenvalue weighted by atomic mass is 16.1. The molecule has 1 aromatic rings. The van der Waals surface area contributed by atoms with E-state index in [0.717, 1.165) is 18.8 Å². The molecule has 2 fully saturated rings. The van der Waals surface area contributed by atoms with E-state index in [1.807, 2.05) is 0 Å². The van der Waals surface area contributed by atoms with Gasteiger partial charge in [-0.15, -0.1) is 0 Å². The molecule has 0 bridgehead atoms. The smallest absolute Gasteiger partial charge is 0.266 e. The van der Waals surface area contributed by atoms with Crippen LogP contribution < -0.4 is 10.9 Å². The van der Waals surface area contributed by atoms with E-state index in [1.54, 1.807) is 10.7 Å². The minimum atomic E-state index is 0.134. The third kappa shape index (κ3) is 2.07. The average Bonchev–Trinajstić information content (AvgIpc) is 3.07. The van der Waals surface area contributed by atoms with Gasteiger partial charge in [0.1, 0.15) is 0 Å². The first-order valence-electron chi connectivity index (χ1n) is 6.36. The Balaban J connectivity index is 1.70. The van der Waals surface area contributed by atoms with Crippen molar-refractivity contribution in [2.45, 2.75) is 50.6 Å². The molecule has 88 valence electrons. The second-order valence-corrected chi connectivity index (χ2v) is 5.08. The average molecular weight is 221 g/mol. The van der Waals surface area contributed by atoms with E-state index in [1.165, 1.54) is 32.1 Å². The lowest BCUT2D eigenvalue weighted by molar-refractivity contribution is 0.347. The van der Waals surface area contributed by atoms with Crippen LogP contribution in [-0.4, -0.2) is 22.4 Å². The van der Waals surface area contributed by atoms with Crippen molar-refractivity contribution in [2.75, 3.05) is 6.54 Å². The predicted octanol–water partition coefficient (Wildman–Crippen LogP) is 1.20. The number of aromatic nitrogens is 2. The lowest BCUT2D eigenvalue weighted by Crippen LogP contribution is -2.39. The van der Waals surface area contributed by atoms with Crippen molar-refractivity contribution in [3.8, 4) is 0 Å². The Morgan fingerprint density at radius 2 is 2.19 bits per heavy atom. The molecule has 1 saturated carbocycles. The van der Waals surface area contributed by atoms with Gasteiger partial charge in [0.15, 0.2) is 0 Å². The normalized spacial score (nSPS) is 25.9. The molecule has 1 aliphatic heterocycles. The largest absolute Gasteiger partial charge is 0.312 e. The van der Waals surface area contributed by atoms with Gasteiger partial charge in [0.05, 0.1) is 6.54 Å². The molecule has 2 aliphatic rings. The summed E-state index contributed by atoms with van der Waals surface area (Å²) < 4.78 is 1.77. The van der Waals surface area contributed by atoms with Gasteiger partial charge in [0.25, 0.3) is 5.56 Å². The van der Waals surface area contributed by atoms with E-state index in [-0.39, 0.29) is 5.56 Å². The zero-order valence-corrected chi connectivity index (χ0v) is 9.54. The lowest BCUT2D eigenvalue weighted by Gasteiger charge is -2.23. The Kier molecular flexibility index (Phi) is 2.59. The summed E-state index contributed by atoms with van der Waals surface area (Å²) >= 11 is 0. The molecule has 0 aromatic carbocycles. The van der Waals surface area contributed by atoms with Crippen molar-refractivity contribution in [2.24, 2.45) is 0 Å². The van der Waals surface area contributed by atoms with Gasteiger partial charge in [-0.05, 0) is 32.2 Å². The minimum absolute atomic E-state index is 0.134. The van der Waals surface area contributed by atoms with Gasteiger partial charge >= 0.3 is 0 Å². The van der Waals surface area contributed by atoms with Crippen LogP contribution in [0.15, 0.2) is 10.9 Å². The number of H-pyrrole nitrogens is 1. The topological polar surface area (TPSA) is 49.8 Å². The van der Waals surface area contributed by atoms with Crippen LogP contribution >= 0.6 is 0 Å². The van der Waals surface area contributed by atoms with Crippen LogP contribution in [0.5, 0.6) is 0 Å². The highest BCUT2D eigenvalue weighted by molar-refractivity contribution is 5.12. The van der Waals surface area contributed by atoms with Crippen molar-refractivity contribution < 1.29 is 0 Å². The molecule has 0 amide bonds. The molecular weight excluding hydrogens is 202 g/mol. The van der Waals surface area contributed by atoms with Crippen LogP contribution in [0.2, 0.25) is 0 Å². The number of hydrogen-bond donors (Lipinski definition) is 2. The molecule has 2 N–H and O–H groups in total. The summed E-state index contributed by atoms with van der Waals surface area (Å²) in [5.74, 6) is 0.633. The van der Waals surface area contributed by atoms with Crippen molar-refractivity contribution in [3.63, 3.8) is 0 Å². The molecule has 0 unspecified atom stereocenters. The molecule has 1 aromatic heterocycles. The van der Waals surface area contributed by atoms with E-state index < -0.39 is 0 Å². The summed E-state index contributed by atoms with van der Waals surface area (Å²) in [6.45, 7) is 1.89. The summed E-state index contributed by atoms with van der Waals surface area (Å²) in [5, 5.41) is 6.72. The van der Waals surface area contributed by atoms with E-state index in [0.29, 0.717) is 12.0 Å². The highest BCUT2D eigenvalue weighted by Crippen LogP contribution is 2.38. The summed E-state index contributed by atoms with van der Waals surface area (Å²) in [7, 11) is 0. The van der Waals surface area contributed by atoms with Crippen molar-refractivity contribution >= 4 is 0 Å². The Bertz CT molecular complexity index is 410. The summed E-state index contributed by atoms with van der Waals surface area (Å²) in [6.07, 6.45) is 6.21. The van der Waals surface area contributed by atoms with Crippen LogP contribution in [0, 0.1) is 0 Å². The zero-order chi connectivity index (χ0) is 11.0. The highest BCUT2D eigenvalue weighted by Gasteiger charge is 2.26. The number of rotatable bonds is 3. The van der Waals surface area contributed by atoms with Gasteiger partial charge in [-0.3, -0.25) is 14.6 Å². The second-order valence-electron chi connectivity index (χ2n) is 5.08. The van der Waals surface area contributed by atoms with E-state index in [2.05, 4.69) is 10.4 Å². The van der Waals surface area contributed by atoms with Crippen molar-refractivity contribution in [1.29, 1.82) is 0 Å². The van der Waals surface area contributed by atoms with Crippen LogP contribution in [0.3, 0.4) is 0 Å². The van der Waals surface area contributed by atoms with Crippen LogP contribution in [0.1, 0.15) is 43.7 Å². The number of aromatic amines is 1. The molecule has 0 radical (unpaired) electrons. The summed E-state index contributed by atoms with van der Waals surface area (Å²) in [4.78, 5) is 11.7. The minimum Gasteiger partial charge on any atom is -0.312 e. The Morgan fingerprint density at radius 3 is 2.88 bits per heavy atom. The first-order valence-corrected chi connectivity index (χ1v) is 6.36. The van der Waals surface area contributed by atoms with E-state index in [4.69, 9.17) is 0 Å². The van der Waals surface area contributed by atoms with Gasteiger partial charge in [-0.2, -0.15) is 0 Å². The fourth-order valence-electron chi connectivity index (χ4n) is 2.49.